The molecule has 1 N–H and O–H groups in total. The molecule has 2 unspecified atom stereocenters. The molecule has 0 aromatic carbocycles. The maximum absolute atomic E-state index is 9.66. The fraction of sp³-hybridized carbons (Fsp3) is 0.500. The summed E-state index contributed by atoms with van der Waals surface area (Å²) in [5.41, 5.74) is 1.34. The van der Waals surface area contributed by atoms with Crippen LogP contribution < -0.4 is 4.90 Å². The average molecular weight is 217 g/mol. The van der Waals surface area contributed by atoms with Gasteiger partial charge in [-0.1, -0.05) is 6.92 Å². The van der Waals surface area contributed by atoms with Gasteiger partial charge in [0.15, 0.2) is 5.69 Å². The van der Waals surface area contributed by atoms with Crippen molar-refractivity contribution in [1.29, 1.82) is 5.26 Å². The summed E-state index contributed by atoms with van der Waals surface area (Å²) in [6, 6.07) is 5.86. The number of aliphatic hydroxyl groups excluding tert-OH is 1. The lowest BCUT2D eigenvalue weighted by Crippen LogP contribution is -2.42. The molecule has 2 rings (SSSR count). The van der Waals surface area contributed by atoms with Gasteiger partial charge in [-0.05, 0) is 24.5 Å². The van der Waals surface area contributed by atoms with Crippen LogP contribution >= 0.6 is 0 Å². The van der Waals surface area contributed by atoms with Crippen molar-refractivity contribution >= 4 is 5.69 Å². The fourth-order valence-electron chi connectivity index (χ4n) is 2.09. The van der Waals surface area contributed by atoms with Gasteiger partial charge in [0, 0.05) is 19.3 Å². The van der Waals surface area contributed by atoms with Crippen LogP contribution in [0.5, 0.6) is 0 Å². The van der Waals surface area contributed by atoms with Crippen molar-refractivity contribution in [2.24, 2.45) is 5.92 Å². The molecule has 4 nitrogen and oxygen atoms in total. The predicted molar refractivity (Wildman–Crippen MR) is 61.0 cm³/mol. The number of aliphatic hydroxyl groups is 1. The lowest BCUT2D eigenvalue weighted by Gasteiger charge is -2.36. The summed E-state index contributed by atoms with van der Waals surface area (Å²) < 4.78 is 0. The van der Waals surface area contributed by atoms with Gasteiger partial charge in [0.1, 0.15) is 6.07 Å². The van der Waals surface area contributed by atoms with Gasteiger partial charge < -0.3 is 10.0 Å². The molecule has 0 spiro atoms. The zero-order valence-corrected chi connectivity index (χ0v) is 9.30. The summed E-state index contributed by atoms with van der Waals surface area (Å²) in [6.07, 6.45) is 2.16. The van der Waals surface area contributed by atoms with Gasteiger partial charge in [-0.3, -0.25) is 0 Å². The van der Waals surface area contributed by atoms with Gasteiger partial charge in [0.25, 0.3) is 0 Å². The second-order valence-electron chi connectivity index (χ2n) is 4.26. The molecule has 2 atom stereocenters. The number of nitrogens with zero attached hydrogens (tertiary/aromatic N) is 3. The Labute approximate surface area is 95.1 Å². The predicted octanol–water partition coefficient (Wildman–Crippen LogP) is 1.16. The third-order valence-corrected chi connectivity index (χ3v) is 3.09. The van der Waals surface area contributed by atoms with E-state index in [2.05, 4.69) is 16.0 Å². The molecule has 1 aliphatic heterocycles. The Balaban J connectivity index is 2.22. The molecule has 0 bridgehead atoms. The molecule has 0 amide bonds. The molecule has 1 aliphatic rings. The molecule has 2 heterocycles. The van der Waals surface area contributed by atoms with Gasteiger partial charge in [-0.25, -0.2) is 4.98 Å². The third kappa shape index (κ3) is 2.00. The molecule has 4 heteroatoms. The number of pyridine rings is 1. The van der Waals surface area contributed by atoms with Crippen molar-refractivity contribution in [3.05, 3.63) is 24.0 Å². The number of aromatic nitrogens is 1. The normalized spacial score (nSPS) is 25.2. The van der Waals surface area contributed by atoms with Crippen LogP contribution in [0.3, 0.4) is 0 Å². The van der Waals surface area contributed by atoms with Crippen LogP contribution in [0.1, 0.15) is 19.0 Å². The monoisotopic (exact) mass is 217 g/mol. The highest BCUT2D eigenvalue weighted by Gasteiger charge is 2.25. The van der Waals surface area contributed by atoms with Crippen molar-refractivity contribution in [1.82, 2.24) is 4.98 Å². The summed E-state index contributed by atoms with van der Waals surface area (Å²) in [7, 11) is 0. The quantitative estimate of drug-likeness (QED) is 0.766. The number of rotatable bonds is 1. The van der Waals surface area contributed by atoms with E-state index in [0.29, 0.717) is 5.69 Å². The fourth-order valence-corrected chi connectivity index (χ4v) is 2.09. The molecule has 16 heavy (non-hydrogen) atoms. The summed E-state index contributed by atoms with van der Waals surface area (Å²) in [5, 5.41) is 18.6. The van der Waals surface area contributed by atoms with Gasteiger partial charge in [-0.2, -0.15) is 5.26 Å². The van der Waals surface area contributed by atoms with E-state index in [1.807, 2.05) is 19.1 Å². The van der Waals surface area contributed by atoms with Crippen LogP contribution in [-0.2, 0) is 0 Å². The van der Waals surface area contributed by atoms with Crippen LogP contribution in [0.4, 0.5) is 5.69 Å². The maximum atomic E-state index is 9.66. The third-order valence-electron chi connectivity index (χ3n) is 3.09. The summed E-state index contributed by atoms with van der Waals surface area (Å²) in [4.78, 5) is 6.18. The molecule has 1 aromatic rings. The lowest BCUT2D eigenvalue weighted by atomic mass is 9.96. The van der Waals surface area contributed by atoms with Crippen molar-refractivity contribution in [3.63, 3.8) is 0 Å². The van der Waals surface area contributed by atoms with Gasteiger partial charge in [0.05, 0.1) is 11.8 Å². The van der Waals surface area contributed by atoms with Gasteiger partial charge >= 0.3 is 0 Å². The standard InChI is InChI=1S/C12H15N3O/c1-9-8-15(6-4-12(9)16)11-3-2-5-14-10(11)7-13/h2-3,5,9,12,16H,4,6,8H2,1H3. The Morgan fingerprint density at radius 3 is 3.12 bits per heavy atom. The van der Waals surface area contributed by atoms with Crippen LogP contribution in [-0.4, -0.2) is 29.3 Å². The topological polar surface area (TPSA) is 60.2 Å². The van der Waals surface area contributed by atoms with E-state index in [-0.39, 0.29) is 12.0 Å². The molecular weight excluding hydrogens is 202 g/mol. The second kappa shape index (κ2) is 4.50. The van der Waals surface area contributed by atoms with Crippen LogP contribution in [0.15, 0.2) is 18.3 Å². The molecule has 84 valence electrons. The van der Waals surface area contributed by atoms with E-state index >= 15 is 0 Å². The highest BCUT2D eigenvalue weighted by Crippen LogP contribution is 2.24. The minimum atomic E-state index is -0.224. The number of anilines is 1. The van der Waals surface area contributed by atoms with Crippen molar-refractivity contribution in [2.45, 2.75) is 19.4 Å². The smallest absolute Gasteiger partial charge is 0.163 e. The van der Waals surface area contributed by atoms with E-state index in [1.54, 1.807) is 6.20 Å². The average Bonchev–Trinajstić information content (AvgIpc) is 2.32. The lowest BCUT2D eigenvalue weighted by molar-refractivity contribution is 0.0970. The van der Waals surface area contributed by atoms with Crippen molar-refractivity contribution in [3.8, 4) is 6.07 Å². The number of hydrogen-bond donors (Lipinski definition) is 1. The number of piperidine rings is 1. The molecule has 0 aliphatic carbocycles. The van der Waals surface area contributed by atoms with Crippen LogP contribution in [0, 0.1) is 17.2 Å². The summed E-state index contributed by atoms with van der Waals surface area (Å²) >= 11 is 0. The Bertz CT molecular complexity index is 413. The molecular formula is C12H15N3O. The molecule has 0 saturated carbocycles. The Morgan fingerprint density at radius 1 is 1.62 bits per heavy atom. The highest BCUT2D eigenvalue weighted by atomic mass is 16.3. The number of nitriles is 1. The summed E-state index contributed by atoms with van der Waals surface area (Å²) in [5.74, 6) is 0.237. The first-order valence-corrected chi connectivity index (χ1v) is 5.50. The first-order valence-electron chi connectivity index (χ1n) is 5.50. The van der Waals surface area contributed by atoms with E-state index in [1.165, 1.54) is 0 Å². The van der Waals surface area contributed by atoms with Crippen LogP contribution in [0.25, 0.3) is 0 Å². The highest BCUT2D eigenvalue weighted by molar-refractivity contribution is 5.55. The van der Waals surface area contributed by atoms with E-state index in [4.69, 9.17) is 5.26 Å². The van der Waals surface area contributed by atoms with Gasteiger partial charge in [-0.15, -0.1) is 0 Å². The van der Waals surface area contributed by atoms with Gasteiger partial charge in [0.2, 0.25) is 0 Å². The zero-order valence-electron chi connectivity index (χ0n) is 9.30. The largest absolute Gasteiger partial charge is 0.393 e. The first-order chi connectivity index (χ1) is 7.72. The molecule has 1 fully saturated rings. The minimum Gasteiger partial charge on any atom is -0.393 e. The first kappa shape index (κ1) is 10.9. The SMILES string of the molecule is CC1CN(c2cccnc2C#N)CCC1O. The van der Waals surface area contributed by atoms with Crippen LogP contribution in [0.2, 0.25) is 0 Å². The maximum Gasteiger partial charge on any atom is 0.163 e. The van der Waals surface area contributed by atoms with E-state index in [9.17, 15) is 5.11 Å². The Kier molecular flexibility index (Phi) is 3.07. The minimum absolute atomic E-state index is 0.224. The second-order valence-corrected chi connectivity index (χ2v) is 4.26. The van der Waals surface area contributed by atoms with E-state index in [0.717, 1.165) is 25.2 Å². The van der Waals surface area contributed by atoms with Crippen molar-refractivity contribution in [2.75, 3.05) is 18.0 Å². The zero-order chi connectivity index (χ0) is 11.5. The van der Waals surface area contributed by atoms with Crippen molar-refractivity contribution < 1.29 is 5.11 Å². The van der Waals surface area contributed by atoms with E-state index < -0.39 is 0 Å². The summed E-state index contributed by atoms with van der Waals surface area (Å²) in [6.45, 7) is 3.59. The molecule has 0 radical (unpaired) electrons. The Hall–Kier alpha value is -1.60. The molecule has 1 aromatic heterocycles. The number of hydrogen-bond acceptors (Lipinski definition) is 4. The Morgan fingerprint density at radius 2 is 2.44 bits per heavy atom. The molecule has 1 saturated heterocycles.